The average molecular weight is 472 g/mol. The monoisotopic (exact) mass is 471 g/mol. The molecule has 2 fully saturated rings. The van der Waals surface area contributed by atoms with Crippen LogP contribution in [0.2, 0.25) is 0 Å². The van der Waals surface area contributed by atoms with E-state index < -0.39 is 5.91 Å². The fourth-order valence-electron chi connectivity index (χ4n) is 5.96. The smallest absolute Gasteiger partial charge is 0.269 e. The minimum absolute atomic E-state index is 0.219. The minimum Gasteiger partial charge on any atom is -0.364 e. The number of likely N-dealkylation sites (tertiary alicyclic amines) is 1. The van der Waals surface area contributed by atoms with Crippen LogP contribution in [0, 0.1) is 0 Å². The van der Waals surface area contributed by atoms with E-state index in [1.165, 1.54) is 18.4 Å². The van der Waals surface area contributed by atoms with Gasteiger partial charge >= 0.3 is 0 Å². The molecule has 35 heavy (non-hydrogen) atoms. The van der Waals surface area contributed by atoms with Crippen molar-refractivity contribution in [3.8, 4) is 11.4 Å². The van der Waals surface area contributed by atoms with Crippen molar-refractivity contribution in [2.24, 2.45) is 5.73 Å². The molecule has 0 atom stereocenters. The summed E-state index contributed by atoms with van der Waals surface area (Å²) in [5.74, 6) is 0.220. The number of nitrogens with two attached hydrogens (primary N) is 1. The van der Waals surface area contributed by atoms with E-state index in [0.29, 0.717) is 17.7 Å². The molecule has 3 N–H and O–H groups in total. The van der Waals surface area contributed by atoms with E-state index in [1.54, 1.807) is 0 Å². The number of carbonyl (C=O) groups excluding carboxylic acids is 1. The molecule has 182 valence electrons. The molecule has 3 aromatic rings. The van der Waals surface area contributed by atoms with Gasteiger partial charge in [-0.15, -0.1) is 0 Å². The fourth-order valence-corrected chi connectivity index (χ4v) is 5.96. The van der Waals surface area contributed by atoms with Gasteiger partial charge < -0.3 is 11.1 Å². The van der Waals surface area contributed by atoms with Crippen LogP contribution in [0.25, 0.3) is 11.4 Å². The van der Waals surface area contributed by atoms with E-state index in [0.717, 1.165) is 80.7 Å². The minimum atomic E-state index is -0.455. The lowest BCUT2D eigenvalue weighted by atomic mass is 9.92. The molecule has 2 aromatic heterocycles. The Balaban J connectivity index is 1.28. The molecule has 0 radical (unpaired) electrons. The number of nitrogens with zero attached hydrogens (tertiary/aromatic N) is 5. The molecular weight excluding hydrogens is 438 g/mol. The first-order valence-electron chi connectivity index (χ1n) is 13.0. The molecule has 1 amide bonds. The highest BCUT2D eigenvalue weighted by Gasteiger charge is 2.33. The molecule has 3 aliphatic rings. The van der Waals surface area contributed by atoms with Crippen LogP contribution in [0.1, 0.15) is 71.7 Å². The molecule has 0 unspecified atom stereocenters. The third-order valence-electron chi connectivity index (χ3n) is 7.82. The lowest BCUT2D eigenvalue weighted by Crippen LogP contribution is -2.35. The van der Waals surface area contributed by atoms with Crippen LogP contribution in [0.4, 0.5) is 5.95 Å². The van der Waals surface area contributed by atoms with E-state index in [2.05, 4.69) is 50.2 Å². The second-order valence-corrected chi connectivity index (χ2v) is 10.2. The Morgan fingerprint density at radius 1 is 1.06 bits per heavy atom. The van der Waals surface area contributed by atoms with Crippen molar-refractivity contribution in [3.63, 3.8) is 0 Å². The summed E-state index contributed by atoms with van der Waals surface area (Å²) in [4.78, 5) is 24.4. The van der Waals surface area contributed by atoms with Gasteiger partial charge in [-0.2, -0.15) is 5.10 Å². The molecule has 8 nitrogen and oxygen atoms in total. The predicted octanol–water partition coefficient (Wildman–Crippen LogP) is 3.73. The van der Waals surface area contributed by atoms with Crippen molar-refractivity contribution in [2.75, 3.05) is 18.4 Å². The highest BCUT2D eigenvalue weighted by atomic mass is 16.1. The van der Waals surface area contributed by atoms with Crippen LogP contribution in [0.15, 0.2) is 36.5 Å². The zero-order chi connectivity index (χ0) is 23.8. The van der Waals surface area contributed by atoms with Crippen molar-refractivity contribution in [3.05, 3.63) is 58.9 Å². The van der Waals surface area contributed by atoms with Crippen LogP contribution < -0.4 is 11.1 Å². The molecule has 2 aliphatic carbocycles. The van der Waals surface area contributed by atoms with Gasteiger partial charge in [0.15, 0.2) is 5.69 Å². The zero-order valence-electron chi connectivity index (χ0n) is 20.1. The SMILES string of the molecule is NC(=O)c1nn(C2CCN(Cc3ccccc3)CC2)c2c1CCc1cnc(NC3CCCC3)nc1-2. The summed E-state index contributed by atoms with van der Waals surface area (Å²) >= 11 is 0. The summed E-state index contributed by atoms with van der Waals surface area (Å²) in [6, 6.07) is 11.3. The first-order chi connectivity index (χ1) is 17.2. The second-order valence-electron chi connectivity index (χ2n) is 10.2. The number of piperidine rings is 1. The van der Waals surface area contributed by atoms with Gasteiger partial charge in [0.05, 0.1) is 17.4 Å². The molecule has 0 bridgehead atoms. The summed E-state index contributed by atoms with van der Waals surface area (Å²) in [7, 11) is 0. The summed E-state index contributed by atoms with van der Waals surface area (Å²) in [5.41, 5.74) is 11.5. The van der Waals surface area contributed by atoms with Crippen LogP contribution >= 0.6 is 0 Å². The summed E-state index contributed by atoms with van der Waals surface area (Å²) in [6.07, 6.45) is 10.3. The molecule has 8 heteroatoms. The number of hydrogen-bond acceptors (Lipinski definition) is 6. The number of rotatable bonds is 6. The summed E-state index contributed by atoms with van der Waals surface area (Å²) in [6.45, 7) is 2.94. The number of aryl methyl sites for hydroxylation is 1. The van der Waals surface area contributed by atoms with E-state index in [-0.39, 0.29) is 6.04 Å². The van der Waals surface area contributed by atoms with Gasteiger partial charge in [0.25, 0.3) is 5.91 Å². The predicted molar refractivity (Wildman–Crippen MR) is 135 cm³/mol. The number of carbonyl (C=O) groups is 1. The van der Waals surface area contributed by atoms with Crippen LogP contribution in [0.3, 0.4) is 0 Å². The Morgan fingerprint density at radius 2 is 1.83 bits per heavy atom. The van der Waals surface area contributed by atoms with E-state index in [1.807, 2.05) is 6.20 Å². The summed E-state index contributed by atoms with van der Waals surface area (Å²) < 4.78 is 2.07. The number of aromatic nitrogens is 4. The topological polar surface area (TPSA) is 102 Å². The molecule has 1 saturated carbocycles. The zero-order valence-corrected chi connectivity index (χ0v) is 20.1. The summed E-state index contributed by atoms with van der Waals surface area (Å²) in [5, 5.41) is 8.33. The number of anilines is 1. The maximum atomic E-state index is 12.3. The Bertz CT molecular complexity index is 1210. The number of hydrogen-bond donors (Lipinski definition) is 2. The first-order valence-corrected chi connectivity index (χ1v) is 13.0. The van der Waals surface area contributed by atoms with Crippen molar-refractivity contribution >= 4 is 11.9 Å². The Hall–Kier alpha value is -3.26. The quantitative estimate of drug-likeness (QED) is 0.568. The number of amides is 1. The van der Waals surface area contributed by atoms with Crippen LogP contribution in [-0.4, -0.2) is 49.7 Å². The molecule has 1 aliphatic heterocycles. The molecule has 6 rings (SSSR count). The van der Waals surface area contributed by atoms with Gasteiger partial charge in [-0.3, -0.25) is 14.4 Å². The fraction of sp³-hybridized carbons (Fsp3) is 0.481. The maximum Gasteiger partial charge on any atom is 0.269 e. The van der Waals surface area contributed by atoms with Gasteiger partial charge in [-0.05, 0) is 49.7 Å². The average Bonchev–Trinajstić information content (AvgIpc) is 3.53. The third kappa shape index (κ3) is 4.43. The van der Waals surface area contributed by atoms with E-state index in [4.69, 9.17) is 15.8 Å². The highest BCUT2D eigenvalue weighted by molar-refractivity contribution is 5.94. The van der Waals surface area contributed by atoms with Crippen molar-refractivity contribution < 1.29 is 4.79 Å². The molecular formula is C27H33N7O. The van der Waals surface area contributed by atoms with E-state index in [9.17, 15) is 4.79 Å². The number of benzene rings is 1. The molecule has 1 aromatic carbocycles. The van der Waals surface area contributed by atoms with Crippen molar-refractivity contribution in [2.45, 2.75) is 70.0 Å². The van der Waals surface area contributed by atoms with Crippen molar-refractivity contribution in [1.29, 1.82) is 0 Å². The van der Waals surface area contributed by atoms with Gasteiger partial charge in [0, 0.05) is 37.4 Å². The van der Waals surface area contributed by atoms with Crippen LogP contribution in [-0.2, 0) is 19.4 Å². The Labute approximate surface area is 205 Å². The molecule has 0 spiro atoms. The lowest BCUT2D eigenvalue weighted by Gasteiger charge is -2.33. The normalized spacial score (nSPS) is 18.9. The number of fused-ring (bicyclic) bond motifs is 3. The first kappa shape index (κ1) is 22.2. The Morgan fingerprint density at radius 3 is 2.57 bits per heavy atom. The van der Waals surface area contributed by atoms with Gasteiger partial charge in [0.1, 0.15) is 0 Å². The largest absolute Gasteiger partial charge is 0.364 e. The molecule has 3 heterocycles. The lowest BCUT2D eigenvalue weighted by molar-refractivity contribution is 0.0992. The Kier molecular flexibility index (Phi) is 5.98. The van der Waals surface area contributed by atoms with Gasteiger partial charge in [0.2, 0.25) is 5.95 Å². The molecule has 1 saturated heterocycles. The van der Waals surface area contributed by atoms with Gasteiger partial charge in [-0.25, -0.2) is 9.97 Å². The standard InChI is InChI=1S/C27H33N7O/c28-26(35)24-22-11-10-19-16-29-27(30-20-8-4-5-9-20)31-23(19)25(22)34(32-24)21-12-14-33(15-13-21)17-18-6-2-1-3-7-18/h1-3,6-7,16,20-21H,4-5,8-15,17H2,(H2,28,35)(H,29,30,31). The third-order valence-corrected chi connectivity index (χ3v) is 7.82. The van der Waals surface area contributed by atoms with Crippen molar-refractivity contribution in [1.82, 2.24) is 24.6 Å². The van der Waals surface area contributed by atoms with E-state index >= 15 is 0 Å². The maximum absolute atomic E-state index is 12.3. The van der Waals surface area contributed by atoms with Gasteiger partial charge in [-0.1, -0.05) is 43.2 Å². The highest BCUT2D eigenvalue weighted by Crippen LogP contribution is 2.38. The second kappa shape index (κ2) is 9.41. The number of primary amides is 1. The van der Waals surface area contributed by atoms with Crippen LogP contribution in [0.5, 0.6) is 0 Å². The number of nitrogens with one attached hydrogen (secondary N) is 1.